The third-order valence-corrected chi connectivity index (χ3v) is 3.36. The lowest BCUT2D eigenvalue weighted by atomic mass is 9.79. The van der Waals surface area contributed by atoms with E-state index >= 15 is 0 Å². The molecule has 1 aliphatic heterocycles. The molecule has 5 nitrogen and oxygen atoms in total. The molecule has 0 aliphatic carbocycles. The summed E-state index contributed by atoms with van der Waals surface area (Å²) in [4.78, 5) is 16.1. The first-order valence-corrected chi connectivity index (χ1v) is 5.59. The Morgan fingerprint density at radius 3 is 3.06 bits per heavy atom. The summed E-state index contributed by atoms with van der Waals surface area (Å²) in [6, 6.07) is 3.27. The van der Waals surface area contributed by atoms with Crippen molar-refractivity contribution in [3.8, 4) is 0 Å². The maximum Gasteiger partial charge on any atom is 0.147 e. The van der Waals surface area contributed by atoms with Gasteiger partial charge in [0.2, 0.25) is 0 Å². The molecule has 0 saturated carbocycles. The van der Waals surface area contributed by atoms with Crippen molar-refractivity contribution in [1.82, 2.24) is 4.98 Å². The number of nitrogen functional groups attached to an aromatic ring is 1. The van der Waals surface area contributed by atoms with Gasteiger partial charge in [-0.15, -0.1) is 0 Å². The van der Waals surface area contributed by atoms with Crippen LogP contribution in [0.4, 0.5) is 5.82 Å². The molecule has 2 rings (SSSR count). The summed E-state index contributed by atoms with van der Waals surface area (Å²) in [5.41, 5.74) is 11.8. The summed E-state index contributed by atoms with van der Waals surface area (Å²) >= 11 is 0. The number of pyridine rings is 1. The number of aromatic nitrogens is 1. The lowest BCUT2D eigenvalue weighted by molar-refractivity contribution is -0.127. The summed E-state index contributed by atoms with van der Waals surface area (Å²) in [7, 11) is 0. The molecule has 0 radical (unpaired) electrons. The third kappa shape index (κ3) is 2.30. The molecule has 1 aromatic rings. The number of anilines is 1. The molecule has 4 N–H and O–H groups in total. The fourth-order valence-electron chi connectivity index (χ4n) is 1.97. The van der Waals surface area contributed by atoms with Crippen molar-refractivity contribution >= 4 is 11.6 Å². The second kappa shape index (κ2) is 4.43. The van der Waals surface area contributed by atoms with Crippen LogP contribution >= 0.6 is 0 Å². The van der Waals surface area contributed by atoms with Gasteiger partial charge < -0.3 is 16.2 Å². The molecule has 0 spiro atoms. The van der Waals surface area contributed by atoms with Crippen LogP contribution in [-0.4, -0.2) is 30.0 Å². The molecule has 17 heavy (non-hydrogen) atoms. The summed E-state index contributed by atoms with van der Waals surface area (Å²) in [6.07, 6.45) is 1.92. The highest BCUT2D eigenvalue weighted by molar-refractivity contribution is 5.87. The van der Waals surface area contributed by atoms with Gasteiger partial charge in [0.25, 0.3) is 0 Å². The van der Waals surface area contributed by atoms with E-state index in [0.29, 0.717) is 25.5 Å². The topological polar surface area (TPSA) is 91.2 Å². The molecule has 2 heterocycles. The maximum atomic E-state index is 12.2. The van der Waals surface area contributed by atoms with Crippen LogP contribution in [0.25, 0.3) is 0 Å². The Balaban J connectivity index is 2.12. The van der Waals surface area contributed by atoms with E-state index < -0.39 is 5.41 Å². The molecule has 1 fully saturated rings. The van der Waals surface area contributed by atoms with Gasteiger partial charge in [-0.1, -0.05) is 0 Å². The summed E-state index contributed by atoms with van der Waals surface area (Å²) < 4.78 is 5.27. The molecule has 5 heteroatoms. The molecule has 92 valence electrons. The van der Waals surface area contributed by atoms with Crippen molar-refractivity contribution in [1.29, 1.82) is 0 Å². The van der Waals surface area contributed by atoms with Crippen molar-refractivity contribution < 1.29 is 9.53 Å². The number of carbonyl (C=O) groups is 1. The van der Waals surface area contributed by atoms with Crippen molar-refractivity contribution in [3.05, 3.63) is 23.9 Å². The zero-order valence-electron chi connectivity index (χ0n) is 9.85. The predicted octanol–water partition coefficient (Wildman–Crippen LogP) is 0.139. The third-order valence-electron chi connectivity index (χ3n) is 3.36. The van der Waals surface area contributed by atoms with Crippen LogP contribution in [0.1, 0.15) is 12.5 Å². The number of nitrogens with zero attached hydrogens (tertiary/aromatic N) is 1. The first kappa shape index (κ1) is 12.0. The van der Waals surface area contributed by atoms with Crippen molar-refractivity contribution in [2.24, 2.45) is 11.1 Å². The highest BCUT2D eigenvalue weighted by Gasteiger charge is 2.43. The quantitative estimate of drug-likeness (QED) is 0.777. The van der Waals surface area contributed by atoms with Crippen LogP contribution in [-0.2, 0) is 16.0 Å². The van der Waals surface area contributed by atoms with Gasteiger partial charge in [-0.05, 0) is 24.6 Å². The minimum absolute atomic E-state index is 0.0908. The Morgan fingerprint density at radius 2 is 2.47 bits per heavy atom. The van der Waals surface area contributed by atoms with Gasteiger partial charge in [0.15, 0.2) is 0 Å². The standard InChI is InChI=1S/C12H17N3O2/c1-12(7-17-6-9(12)13)10(16)4-8-2-3-15-11(14)5-8/h2-3,5,9H,4,6-7,13H2,1H3,(H2,14,15). The lowest BCUT2D eigenvalue weighted by Gasteiger charge is -2.25. The van der Waals surface area contributed by atoms with E-state index in [1.54, 1.807) is 18.3 Å². The maximum absolute atomic E-state index is 12.2. The summed E-state index contributed by atoms with van der Waals surface area (Å²) in [5, 5.41) is 0. The Morgan fingerprint density at radius 1 is 1.71 bits per heavy atom. The van der Waals surface area contributed by atoms with Crippen LogP contribution in [0, 0.1) is 5.41 Å². The Labute approximate surface area is 100 Å². The zero-order chi connectivity index (χ0) is 12.5. The highest BCUT2D eigenvalue weighted by Crippen LogP contribution is 2.29. The van der Waals surface area contributed by atoms with E-state index in [0.717, 1.165) is 5.56 Å². The lowest BCUT2D eigenvalue weighted by Crippen LogP contribution is -2.45. The summed E-state index contributed by atoms with van der Waals surface area (Å²) in [6.45, 7) is 2.70. The first-order chi connectivity index (χ1) is 8.02. The highest BCUT2D eigenvalue weighted by atomic mass is 16.5. The Hall–Kier alpha value is -1.46. The van der Waals surface area contributed by atoms with Gasteiger partial charge in [-0.2, -0.15) is 0 Å². The van der Waals surface area contributed by atoms with Crippen LogP contribution in [0.15, 0.2) is 18.3 Å². The first-order valence-electron chi connectivity index (χ1n) is 5.59. The molecular weight excluding hydrogens is 218 g/mol. The molecule has 0 amide bonds. The monoisotopic (exact) mass is 235 g/mol. The molecule has 2 atom stereocenters. The largest absolute Gasteiger partial charge is 0.384 e. The molecule has 2 unspecified atom stereocenters. The average Bonchev–Trinajstić information content (AvgIpc) is 2.60. The SMILES string of the molecule is CC1(C(=O)Cc2ccnc(N)c2)COCC1N. The van der Waals surface area contributed by atoms with Gasteiger partial charge in [0.05, 0.1) is 18.6 Å². The number of nitrogens with two attached hydrogens (primary N) is 2. The number of rotatable bonds is 3. The number of hydrogen-bond donors (Lipinski definition) is 2. The second-order valence-electron chi connectivity index (χ2n) is 4.73. The van der Waals surface area contributed by atoms with Crippen LogP contribution in [0.2, 0.25) is 0 Å². The van der Waals surface area contributed by atoms with E-state index in [9.17, 15) is 4.79 Å². The van der Waals surface area contributed by atoms with Crippen molar-refractivity contribution in [3.63, 3.8) is 0 Å². The smallest absolute Gasteiger partial charge is 0.147 e. The van der Waals surface area contributed by atoms with Gasteiger partial charge in [-0.25, -0.2) is 4.98 Å². The van der Waals surface area contributed by atoms with E-state index in [2.05, 4.69) is 4.98 Å². The van der Waals surface area contributed by atoms with Gasteiger partial charge >= 0.3 is 0 Å². The zero-order valence-corrected chi connectivity index (χ0v) is 9.85. The van der Waals surface area contributed by atoms with Gasteiger partial charge in [0, 0.05) is 18.7 Å². The number of carbonyl (C=O) groups excluding carboxylic acids is 1. The normalized spacial score (nSPS) is 28.2. The number of Topliss-reactive ketones (excluding diaryl/α,β-unsaturated/α-hetero) is 1. The van der Waals surface area contributed by atoms with E-state index in [-0.39, 0.29) is 11.8 Å². The number of ketones is 1. The molecular formula is C12H17N3O2. The van der Waals surface area contributed by atoms with Gasteiger partial charge in [0.1, 0.15) is 11.6 Å². The fourth-order valence-corrected chi connectivity index (χ4v) is 1.97. The number of ether oxygens (including phenoxy) is 1. The molecule has 0 bridgehead atoms. The van der Waals surface area contributed by atoms with E-state index in [4.69, 9.17) is 16.2 Å². The molecule has 1 saturated heterocycles. The summed E-state index contributed by atoms with van der Waals surface area (Å²) in [5.74, 6) is 0.514. The predicted molar refractivity (Wildman–Crippen MR) is 64.3 cm³/mol. The van der Waals surface area contributed by atoms with Crippen LogP contribution in [0.5, 0.6) is 0 Å². The van der Waals surface area contributed by atoms with Crippen molar-refractivity contribution in [2.75, 3.05) is 18.9 Å². The Bertz CT molecular complexity index is 436. The molecule has 1 aromatic heterocycles. The minimum atomic E-state index is -0.585. The van der Waals surface area contributed by atoms with Crippen molar-refractivity contribution in [2.45, 2.75) is 19.4 Å². The van der Waals surface area contributed by atoms with Gasteiger partial charge in [-0.3, -0.25) is 4.79 Å². The Kier molecular flexibility index (Phi) is 3.13. The fraction of sp³-hybridized carbons (Fsp3) is 0.500. The number of hydrogen-bond acceptors (Lipinski definition) is 5. The van der Waals surface area contributed by atoms with E-state index in [1.807, 2.05) is 6.92 Å². The van der Waals surface area contributed by atoms with Crippen LogP contribution in [0.3, 0.4) is 0 Å². The minimum Gasteiger partial charge on any atom is -0.384 e. The molecule has 0 aromatic carbocycles. The van der Waals surface area contributed by atoms with E-state index in [1.165, 1.54) is 0 Å². The average molecular weight is 235 g/mol. The second-order valence-corrected chi connectivity index (χ2v) is 4.73. The van der Waals surface area contributed by atoms with Crippen LogP contribution < -0.4 is 11.5 Å². The molecule has 1 aliphatic rings.